The van der Waals surface area contributed by atoms with Crippen LogP contribution in [0.2, 0.25) is 5.02 Å². The number of ketones is 1. The van der Waals surface area contributed by atoms with E-state index in [1.54, 1.807) is 16.8 Å². The Hall–Kier alpha value is -2.99. The number of aromatic nitrogens is 3. The molecule has 5 rings (SSSR count). The van der Waals surface area contributed by atoms with Gasteiger partial charge in [-0.15, -0.1) is 0 Å². The third-order valence-electron chi connectivity index (χ3n) is 5.39. The molecule has 2 atom stereocenters. The van der Waals surface area contributed by atoms with Crippen LogP contribution in [0, 0.1) is 5.82 Å². The Morgan fingerprint density at radius 1 is 1.04 bits per heavy atom. The van der Waals surface area contributed by atoms with Gasteiger partial charge in [0.2, 0.25) is 5.95 Å². The van der Waals surface area contributed by atoms with Gasteiger partial charge in [0.15, 0.2) is 5.78 Å². The lowest BCUT2D eigenvalue weighted by Crippen LogP contribution is -2.33. The molecule has 1 N–H and O–H groups in total. The number of hydrogen-bond acceptors (Lipinski definition) is 4. The molecule has 3 aromatic rings. The van der Waals surface area contributed by atoms with E-state index in [0.717, 1.165) is 16.8 Å². The molecule has 7 heteroatoms. The molecule has 0 saturated heterocycles. The number of hydrogen-bond donors (Lipinski definition) is 1. The highest BCUT2D eigenvalue weighted by molar-refractivity contribution is 6.30. The molecule has 140 valence electrons. The molecule has 0 amide bonds. The number of carbonyl (C=O) groups is 1. The monoisotopic (exact) mass is 394 g/mol. The Morgan fingerprint density at radius 3 is 2.50 bits per heavy atom. The zero-order valence-corrected chi connectivity index (χ0v) is 15.5. The maximum atomic E-state index is 13.3. The van der Waals surface area contributed by atoms with Crippen LogP contribution in [0.3, 0.4) is 0 Å². The topological polar surface area (TPSA) is 59.8 Å². The quantitative estimate of drug-likeness (QED) is 0.695. The average molecular weight is 395 g/mol. The highest BCUT2D eigenvalue weighted by atomic mass is 35.5. The summed E-state index contributed by atoms with van der Waals surface area (Å²) in [5, 5.41) is 8.25. The first-order valence-corrected chi connectivity index (χ1v) is 9.41. The van der Waals surface area contributed by atoms with Crippen LogP contribution in [0.1, 0.15) is 35.9 Å². The fourth-order valence-corrected chi connectivity index (χ4v) is 4.20. The summed E-state index contributed by atoms with van der Waals surface area (Å²) in [6.07, 6.45) is 2.51. The number of nitrogens with one attached hydrogen (secondary N) is 1. The molecule has 0 fully saturated rings. The lowest BCUT2D eigenvalue weighted by molar-refractivity contribution is -0.116. The third kappa shape index (κ3) is 2.81. The van der Waals surface area contributed by atoms with E-state index in [-0.39, 0.29) is 23.6 Å². The van der Waals surface area contributed by atoms with E-state index < -0.39 is 0 Å². The van der Waals surface area contributed by atoms with Crippen molar-refractivity contribution < 1.29 is 9.18 Å². The molecule has 0 unspecified atom stereocenters. The van der Waals surface area contributed by atoms with E-state index in [1.807, 2.05) is 24.3 Å². The number of nitrogens with zero attached hydrogens (tertiary/aromatic N) is 3. The molecular weight excluding hydrogens is 379 g/mol. The number of rotatable bonds is 2. The lowest BCUT2D eigenvalue weighted by atomic mass is 9.78. The van der Waals surface area contributed by atoms with Gasteiger partial charge in [-0.1, -0.05) is 35.9 Å². The first-order chi connectivity index (χ1) is 13.6. The fourth-order valence-electron chi connectivity index (χ4n) is 4.08. The number of anilines is 1. The summed E-state index contributed by atoms with van der Waals surface area (Å²) in [5.41, 5.74) is 3.45. The van der Waals surface area contributed by atoms with Gasteiger partial charge < -0.3 is 5.32 Å². The first kappa shape index (κ1) is 17.1. The lowest BCUT2D eigenvalue weighted by Gasteiger charge is -2.35. The second-order valence-corrected chi connectivity index (χ2v) is 7.52. The maximum Gasteiger partial charge on any atom is 0.226 e. The van der Waals surface area contributed by atoms with Gasteiger partial charge in [-0.05, 0) is 47.7 Å². The van der Waals surface area contributed by atoms with Crippen molar-refractivity contribution in [2.45, 2.75) is 24.8 Å². The summed E-state index contributed by atoms with van der Waals surface area (Å²) in [7, 11) is 0. The van der Waals surface area contributed by atoms with Crippen molar-refractivity contribution >= 4 is 23.3 Å². The van der Waals surface area contributed by atoms with Crippen molar-refractivity contribution in [3.8, 4) is 0 Å². The second-order valence-electron chi connectivity index (χ2n) is 7.08. The Morgan fingerprint density at radius 2 is 1.75 bits per heavy atom. The molecule has 2 aliphatic rings. The van der Waals surface area contributed by atoms with E-state index in [9.17, 15) is 9.18 Å². The minimum absolute atomic E-state index is 0.000288. The van der Waals surface area contributed by atoms with Gasteiger partial charge in [0.25, 0.3) is 0 Å². The van der Waals surface area contributed by atoms with Crippen molar-refractivity contribution in [2.24, 2.45) is 0 Å². The van der Waals surface area contributed by atoms with Crippen LogP contribution in [-0.2, 0) is 4.79 Å². The predicted molar refractivity (Wildman–Crippen MR) is 104 cm³/mol. The molecule has 1 aliphatic carbocycles. The molecule has 1 aliphatic heterocycles. The van der Waals surface area contributed by atoms with E-state index in [0.29, 0.717) is 29.4 Å². The van der Waals surface area contributed by atoms with Crippen LogP contribution in [0.25, 0.3) is 0 Å². The maximum absolute atomic E-state index is 13.3. The predicted octanol–water partition coefficient (Wildman–Crippen LogP) is 4.49. The largest absolute Gasteiger partial charge is 0.328 e. The summed E-state index contributed by atoms with van der Waals surface area (Å²) in [5.74, 6) is 0.382. The molecule has 0 saturated carbocycles. The molecule has 1 aromatic heterocycles. The van der Waals surface area contributed by atoms with E-state index in [1.165, 1.54) is 18.5 Å². The van der Waals surface area contributed by atoms with Crippen molar-refractivity contribution in [1.29, 1.82) is 0 Å². The van der Waals surface area contributed by atoms with Gasteiger partial charge >= 0.3 is 0 Å². The van der Waals surface area contributed by atoms with Crippen LogP contribution >= 0.6 is 11.6 Å². The number of halogens is 2. The van der Waals surface area contributed by atoms with Gasteiger partial charge in [0, 0.05) is 22.7 Å². The van der Waals surface area contributed by atoms with E-state index in [4.69, 9.17) is 11.6 Å². The molecule has 0 radical (unpaired) electrons. The standard InChI is InChI=1S/C21H16ClFN4O/c22-15-5-1-13(2-6-15)20-19-17(26-21-24-11-25-27(20)21)9-14(10-18(19)28)12-3-7-16(23)8-4-12/h1-8,11,14,20H,9-10H2,(H,24,25,26)/t14-,20-/m0/s1. The molecular formula is C21H16ClFN4O. The second kappa shape index (κ2) is 6.56. The van der Waals surface area contributed by atoms with Crippen molar-refractivity contribution in [1.82, 2.24) is 14.8 Å². The zero-order chi connectivity index (χ0) is 19.3. The fraction of sp³-hybridized carbons (Fsp3) is 0.190. The Balaban J connectivity index is 1.58. The third-order valence-corrected chi connectivity index (χ3v) is 5.64. The van der Waals surface area contributed by atoms with Crippen LogP contribution < -0.4 is 5.32 Å². The van der Waals surface area contributed by atoms with Crippen LogP contribution in [-0.4, -0.2) is 20.5 Å². The Kier molecular flexibility index (Phi) is 4.02. The molecule has 2 aromatic carbocycles. The summed E-state index contributed by atoms with van der Waals surface area (Å²) < 4.78 is 15.0. The minimum atomic E-state index is -0.340. The zero-order valence-electron chi connectivity index (χ0n) is 14.8. The normalized spacial score (nSPS) is 21.1. The molecule has 2 heterocycles. The summed E-state index contributed by atoms with van der Waals surface area (Å²) in [6, 6.07) is 13.5. The number of Topliss-reactive ketones (excluding diaryl/α,β-unsaturated/α-hetero) is 1. The number of carbonyl (C=O) groups excluding carboxylic acids is 1. The highest BCUT2D eigenvalue weighted by Crippen LogP contribution is 2.43. The van der Waals surface area contributed by atoms with E-state index >= 15 is 0 Å². The van der Waals surface area contributed by atoms with Crippen LogP contribution in [0.5, 0.6) is 0 Å². The van der Waals surface area contributed by atoms with Gasteiger partial charge in [0.05, 0.1) is 0 Å². The van der Waals surface area contributed by atoms with Crippen molar-refractivity contribution in [3.05, 3.63) is 88.1 Å². The van der Waals surface area contributed by atoms with E-state index in [2.05, 4.69) is 15.4 Å². The van der Waals surface area contributed by atoms with Gasteiger partial charge in [-0.2, -0.15) is 10.1 Å². The average Bonchev–Trinajstić information content (AvgIpc) is 3.16. The molecule has 0 spiro atoms. The Bertz CT molecular complexity index is 1090. The molecule has 5 nitrogen and oxygen atoms in total. The van der Waals surface area contributed by atoms with Crippen molar-refractivity contribution in [2.75, 3.05) is 5.32 Å². The minimum Gasteiger partial charge on any atom is -0.328 e. The molecule has 0 bridgehead atoms. The smallest absolute Gasteiger partial charge is 0.226 e. The number of fused-ring (bicyclic) bond motifs is 1. The summed E-state index contributed by atoms with van der Waals surface area (Å²) in [4.78, 5) is 17.5. The highest BCUT2D eigenvalue weighted by Gasteiger charge is 2.39. The number of allylic oxidation sites excluding steroid dienone is 2. The van der Waals surface area contributed by atoms with Crippen LogP contribution in [0.4, 0.5) is 10.3 Å². The summed E-state index contributed by atoms with van der Waals surface area (Å²) >= 11 is 6.04. The van der Waals surface area contributed by atoms with Gasteiger partial charge in [-0.3, -0.25) is 4.79 Å². The SMILES string of the molecule is O=C1C[C@@H](c2ccc(F)cc2)CC2=C1[C@H](c1ccc(Cl)cc1)n1ncnc1N2. The summed E-state index contributed by atoms with van der Waals surface area (Å²) in [6.45, 7) is 0. The van der Waals surface area contributed by atoms with Crippen LogP contribution in [0.15, 0.2) is 66.1 Å². The number of benzene rings is 2. The molecule has 28 heavy (non-hydrogen) atoms. The van der Waals surface area contributed by atoms with Crippen molar-refractivity contribution in [3.63, 3.8) is 0 Å². The Labute approximate surface area is 165 Å². The van der Waals surface area contributed by atoms with Gasteiger partial charge in [-0.25, -0.2) is 9.07 Å². The first-order valence-electron chi connectivity index (χ1n) is 9.04. The van der Waals surface area contributed by atoms with Gasteiger partial charge in [0.1, 0.15) is 18.2 Å².